The predicted molar refractivity (Wildman–Crippen MR) is 98.3 cm³/mol. The lowest BCUT2D eigenvalue weighted by molar-refractivity contribution is 0.200. The molecule has 2 aromatic carbocycles. The zero-order chi connectivity index (χ0) is 16.8. The van der Waals surface area contributed by atoms with Crippen LogP contribution in [0.3, 0.4) is 0 Å². The molecule has 0 saturated carbocycles. The highest BCUT2D eigenvalue weighted by Gasteiger charge is 2.19. The second-order valence-electron chi connectivity index (χ2n) is 6.16. The number of aryl methyl sites for hydroxylation is 1. The Kier molecular flexibility index (Phi) is 5.59. The second kappa shape index (κ2) is 8.06. The molecule has 1 fully saturated rings. The number of anilines is 1. The molecule has 4 nitrogen and oxygen atoms in total. The topological polar surface area (TPSA) is 24.9 Å². The number of hydrogen-bond acceptors (Lipinski definition) is 4. The minimum absolute atomic E-state index is 0.734. The molecule has 1 heterocycles. The number of nitrogens with zero attached hydrogens (tertiary/aromatic N) is 2. The Hall–Kier alpha value is -2.20. The van der Waals surface area contributed by atoms with E-state index in [2.05, 4.69) is 41.0 Å². The van der Waals surface area contributed by atoms with Crippen molar-refractivity contribution in [2.24, 2.45) is 0 Å². The molecule has 0 N–H and O–H groups in total. The van der Waals surface area contributed by atoms with E-state index in [1.807, 2.05) is 24.3 Å². The lowest BCUT2D eigenvalue weighted by Crippen LogP contribution is -2.47. The Morgan fingerprint density at radius 3 is 2.33 bits per heavy atom. The van der Waals surface area contributed by atoms with Crippen molar-refractivity contribution < 1.29 is 9.47 Å². The summed E-state index contributed by atoms with van der Waals surface area (Å²) in [6.07, 6.45) is 0. The molecule has 0 amide bonds. The Labute approximate surface area is 144 Å². The first-order valence-corrected chi connectivity index (χ1v) is 8.56. The Morgan fingerprint density at radius 1 is 0.917 bits per heavy atom. The summed E-state index contributed by atoms with van der Waals surface area (Å²) in [5.74, 6) is 1.90. The SMILES string of the molecule is COc1ccccc1N1CCN(CCOc2ccc(C)cc2)CC1. The van der Waals surface area contributed by atoms with Gasteiger partial charge in [-0.2, -0.15) is 0 Å². The van der Waals surface area contributed by atoms with E-state index in [1.165, 1.54) is 11.3 Å². The van der Waals surface area contributed by atoms with Crippen LogP contribution in [0.1, 0.15) is 5.56 Å². The van der Waals surface area contributed by atoms with E-state index < -0.39 is 0 Å². The highest BCUT2D eigenvalue weighted by Crippen LogP contribution is 2.28. The summed E-state index contributed by atoms with van der Waals surface area (Å²) in [5.41, 5.74) is 2.45. The molecule has 128 valence electrons. The first-order chi connectivity index (χ1) is 11.8. The molecular weight excluding hydrogens is 300 g/mol. The van der Waals surface area contributed by atoms with E-state index in [0.717, 1.165) is 50.8 Å². The second-order valence-corrected chi connectivity index (χ2v) is 6.16. The number of benzene rings is 2. The third-order valence-electron chi connectivity index (χ3n) is 4.50. The zero-order valence-corrected chi connectivity index (χ0v) is 14.6. The van der Waals surface area contributed by atoms with Crippen LogP contribution in [-0.2, 0) is 0 Å². The van der Waals surface area contributed by atoms with Crippen LogP contribution in [0.4, 0.5) is 5.69 Å². The maximum atomic E-state index is 5.84. The smallest absolute Gasteiger partial charge is 0.142 e. The lowest BCUT2D eigenvalue weighted by atomic mass is 10.2. The molecule has 0 bridgehead atoms. The summed E-state index contributed by atoms with van der Waals surface area (Å²) < 4.78 is 11.3. The van der Waals surface area contributed by atoms with Crippen LogP contribution in [0.5, 0.6) is 11.5 Å². The van der Waals surface area contributed by atoms with Gasteiger partial charge in [0.2, 0.25) is 0 Å². The van der Waals surface area contributed by atoms with E-state index in [4.69, 9.17) is 9.47 Å². The molecule has 4 heteroatoms. The van der Waals surface area contributed by atoms with Gasteiger partial charge in [0.05, 0.1) is 12.8 Å². The van der Waals surface area contributed by atoms with Crippen LogP contribution >= 0.6 is 0 Å². The molecule has 1 aliphatic rings. The van der Waals surface area contributed by atoms with Crippen LogP contribution in [-0.4, -0.2) is 51.3 Å². The lowest BCUT2D eigenvalue weighted by Gasteiger charge is -2.36. The minimum atomic E-state index is 0.734. The number of methoxy groups -OCH3 is 1. The summed E-state index contributed by atoms with van der Waals surface area (Å²) in [6, 6.07) is 16.5. The Balaban J connectivity index is 1.44. The summed E-state index contributed by atoms with van der Waals surface area (Å²) >= 11 is 0. The molecule has 1 aliphatic heterocycles. The maximum absolute atomic E-state index is 5.84. The van der Waals surface area contributed by atoms with E-state index >= 15 is 0 Å². The molecule has 2 aromatic rings. The molecule has 0 atom stereocenters. The molecule has 0 unspecified atom stereocenters. The highest BCUT2D eigenvalue weighted by molar-refractivity contribution is 5.58. The van der Waals surface area contributed by atoms with E-state index in [9.17, 15) is 0 Å². The summed E-state index contributed by atoms with van der Waals surface area (Å²) in [7, 11) is 1.73. The summed E-state index contributed by atoms with van der Waals surface area (Å²) in [5, 5.41) is 0. The van der Waals surface area contributed by atoms with Gasteiger partial charge in [-0.25, -0.2) is 0 Å². The van der Waals surface area contributed by atoms with Gasteiger partial charge in [-0.3, -0.25) is 4.90 Å². The molecule has 0 radical (unpaired) electrons. The number of hydrogen-bond donors (Lipinski definition) is 0. The van der Waals surface area contributed by atoms with Gasteiger partial charge in [0, 0.05) is 32.7 Å². The van der Waals surface area contributed by atoms with Gasteiger partial charge in [-0.05, 0) is 31.2 Å². The molecule has 3 rings (SSSR count). The highest BCUT2D eigenvalue weighted by atomic mass is 16.5. The van der Waals surface area contributed by atoms with Gasteiger partial charge >= 0.3 is 0 Å². The van der Waals surface area contributed by atoms with Crippen molar-refractivity contribution in [3.05, 3.63) is 54.1 Å². The van der Waals surface area contributed by atoms with Crippen molar-refractivity contribution in [3.63, 3.8) is 0 Å². The zero-order valence-electron chi connectivity index (χ0n) is 14.6. The quantitative estimate of drug-likeness (QED) is 0.814. The van der Waals surface area contributed by atoms with E-state index in [-0.39, 0.29) is 0 Å². The third-order valence-corrected chi connectivity index (χ3v) is 4.50. The number of ether oxygens (including phenoxy) is 2. The number of rotatable bonds is 6. The maximum Gasteiger partial charge on any atom is 0.142 e. The first kappa shape index (κ1) is 16.7. The molecule has 1 saturated heterocycles. The van der Waals surface area contributed by atoms with Gasteiger partial charge in [-0.1, -0.05) is 29.8 Å². The van der Waals surface area contributed by atoms with Crippen LogP contribution < -0.4 is 14.4 Å². The van der Waals surface area contributed by atoms with Crippen molar-refractivity contribution in [2.75, 3.05) is 51.3 Å². The van der Waals surface area contributed by atoms with Gasteiger partial charge in [0.1, 0.15) is 18.1 Å². The Morgan fingerprint density at radius 2 is 1.62 bits per heavy atom. The monoisotopic (exact) mass is 326 g/mol. The van der Waals surface area contributed by atoms with E-state index in [0.29, 0.717) is 0 Å². The molecule has 0 aromatic heterocycles. The Bertz CT molecular complexity index is 634. The average molecular weight is 326 g/mol. The largest absolute Gasteiger partial charge is 0.495 e. The van der Waals surface area contributed by atoms with Crippen LogP contribution in [0, 0.1) is 6.92 Å². The predicted octanol–water partition coefficient (Wildman–Crippen LogP) is 3.20. The van der Waals surface area contributed by atoms with Gasteiger partial charge < -0.3 is 14.4 Å². The fourth-order valence-electron chi connectivity index (χ4n) is 3.03. The van der Waals surface area contributed by atoms with Crippen LogP contribution in [0.25, 0.3) is 0 Å². The van der Waals surface area contributed by atoms with Crippen molar-refractivity contribution >= 4 is 5.69 Å². The van der Waals surface area contributed by atoms with Crippen molar-refractivity contribution in [3.8, 4) is 11.5 Å². The van der Waals surface area contributed by atoms with Crippen LogP contribution in [0.2, 0.25) is 0 Å². The average Bonchev–Trinajstić information content (AvgIpc) is 2.64. The summed E-state index contributed by atoms with van der Waals surface area (Å²) in [4.78, 5) is 4.86. The molecule has 0 spiro atoms. The molecule has 0 aliphatic carbocycles. The van der Waals surface area contributed by atoms with Gasteiger partial charge in [0.15, 0.2) is 0 Å². The van der Waals surface area contributed by atoms with Crippen LogP contribution in [0.15, 0.2) is 48.5 Å². The van der Waals surface area contributed by atoms with Gasteiger partial charge in [-0.15, -0.1) is 0 Å². The van der Waals surface area contributed by atoms with E-state index in [1.54, 1.807) is 7.11 Å². The first-order valence-electron chi connectivity index (χ1n) is 8.56. The fourth-order valence-corrected chi connectivity index (χ4v) is 3.03. The minimum Gasteiger partial charge on any atom is -0.495 e. The fraction of sp³-hybridized carbons (Fsp3) is 0.400. The number of para-hydroxylation sites is 2. The van der Waals surface area contributed by atoms with Crippen molar-refractivity contribution in [2.45, 2.75) is 6.92 Å². The normalized spacial score (nSPS) is 15.3. The standard InChI is InChI=1S/C20H26N2O2/c1-17-7-9-18(10-8-17)24-16-15-21-11-13-22(14-12-21)19-5-3-4-6-20(19)23-2/h3-10H,11-16H2,1-2H3. The molecule has 24 heavy (non-hydrogen) atoms. The molecular formula is C20H26N2O2. The van der Waals surface area contributed by atoms with Crippen molar-refractivity contribution in [1.82, 2.24) is 4.90 Å². The van der Waals surface area contributed by atoms with Gasteiger partial charge in [0.25, 0.3) is 0 Å². The number of piperazine rings is 1. The summed E-state index contributed by atoms with van der Waals surface area (Å²) in [6.45, 7) is 7.93. The van der Waals surface area contributed by atoms with Crippen molar-refractivity contribution in [1.29, 1.82) is 0 Å². The third kappa shape index (κ3) is 4.20.